The molecule has 9 heteroatoms. The number of phosphoric ester groups is 1. The monoisotopic (exact) mass is 473 g/mol. The van der Waals surface area contributed by atoms with Crippen LogP contribution in [-0.4, -0.2) is 39.0 Å². The van der Waals surface area contributed by atoms with Crippen molar-refractivity contribution in [1.29, 1.82) is 0 Å². The molecule has 1 heterocycles. The molecule has 0 aromatic carbocycles. The largest absolute Gasteiger partial charge is 0.756 e. The molecule has 184 valence electrons. The van der Waals surface area contributed by atoms with E-state index in [1.165, 1.54) is 44.9 Å². The van der Waals surface area contributed by atoms with Crippen molar-refractivity contribution in [3.8, 4) is 0 Å². The van der Waals surface area contributed by atoms with Gasteiger partial charge in [-0.25, -0.2) is 4.57 Å². The number of pyridine rings is 1. The van der Waals surface area contributed by atoms with E-state index in [9.17, 15) is 14.3 Å². The van der Waals surface area contributed by atoms with E-state index in [-0.39, 0.29) is 39.0 Å². The number of carbonyl (C=O) groups excluding carboxylic acids is 1. The highest BCUT2D eigenvalue weighted by molar-refractivity contribution is 7.45. The minimum atomic E-state index is -4.36. The molecule has 0 N–H and O–H groups in total. The minimum Gasteiger partial charge on any atom is -0.756 e. The van der Waals surface area contributed by atoms with E-state index in [4.69, 9.17) is 18.5 Å². The van der Waals surface area contributed by atoms with Crippen molar-refractivity contribution < 1.29 is 37.3 Å². The van der Waals surface area contributed by atoms with Crippen molar-refractivity contribution in [3.63, 3.8) is 0 Å². The molecule has 0 aliphatic carbocycles. The van der Waals surface area contributed by atoms with Gasteiger partial charge in [0, 0.05) is 18.6 Å². The summed E-state index contributed by atoms with van der Waals surface area (Å²) >= 11 is 0. The highest BCUT2D eigenvalue weighted by Crippen LogP contribution is 2.37. The highest BCUT2D eigenvalue weighted by Gasteiger charge is 2.11. The summed E-state index contributed by atoms with van der Waals surface area (Å²) in [6, 6.07) is 5.57. The van der Waals surface area contributed by atoms with Crippen molar-refractivity contribution in [1.82, 2.24) is 0 Å². The first-order valence-corrected chi connectivity index (χ1v) is 13.3. The second kappa shape index (κ2) is 19.2. The van der Waals surface area contributed by atoms with Gasteiger partial charge in [-0.2, -0.15) is 0 Å². The van der Waals surface area contributed by atoms with Gasteiger partial charge in [-0.05, 0) is 6.42 Å². The van der Waals surface area contributed by atoms with Crippen LogP contribution >= 0.6 is 7.82 Å². The van der Waals surface area contributed by atoms with Gasteiger partial charge in [-0.3, -0.25) is 9.36 Å². The summed E-state index contributed by atoms with van der Waals surface area (Å²) in [7, 11) is -4.36. The molecule has 0 spiro atoms. The Kier molecular flexibility index (Phi) is 17.2. The van der Waals surface area contributed by atoms with Gasteiger partial charge < -0.3 is 23.4 Å². The molecule has 8 nitrogen and oxygen atoms in total. The van der Waals surface area contributed by atoms with Crippen LogP contribution in [0, 0.1) is 0 Å². The zero-order chi connectivity index (χ0) is 23.3. The molecule has 1 aromatic rings. The Balaban J connectivity index is 1.88. The lowest BCUT2D eigenvalue weighted by molar-refractivity contribution is -0.697. The number of hydrogen-bond donors (Lipinski definition) is 0. The van der Waals surface area contributed by atoms with Gasteiger partial charge in [-0.15, -0.1) is 0 Å². The van der Waals surface area contributed by atoms with Crippen LogP contribution in [0.5, 0.6) is 0 Å². The molecule has 1 rings (SSSR count). The van der Waals surface area contributed by atoms with E-state index in [0.29, 0.717) is 13.0 Å². The molecule has 0 saturated heterocycles. The van der Waals surface area contributed by atoms with Crippen molar-refractivity contribution >= 4 is 13.8 Å². The third-order valence-corrected chi connectivity index (χ3v) is 5.83. The smallest absolute Gasteiger partial charge is 0.305 e. The fourth-order valence-corrected chi connectivity index (χ4v) is 3.73. The fraction of sp³-hybridized carbons (Fsp3) is 0.739. The fourth-order valence-electron chi connectivity index (χ4n) is 3.06. The normalized spacial score (nSPS) is 13.1. The highest BCUT2D eigenvalue weighted by atomic mass is 31.2. The second-order valence-corrected chi connectivity index (χ2v) is 9.05. The molecular weight excluding hydrogens is 433 g/mol. The summed E-state index contributed by atoms with van der Waals surface area (Å²) in [5, 5.41) is 0. The van der Waals surface area contributed by atoms with Crippen LogP contribution in [0.4, 0.5) is 0 Å². The third kappa shape index (κ3) is 17.3. The van der Waals surface area contributed by atoms with Crippen LogP contribution in [0.1, 0.15) is 71.1 Å². The summed E-state index contributed by atoms with van der Waals surface area (Å²) in [5.41, 5.74) is 0. The Bertz CT molecular complexity index is 630. The summed E-state index contributed by atoms with van der Waals surface area (Å²) in [4.78, 5) is 23.3. The van der Waals surface area contributed by atoms with Gasteiger partial charge in [-0.1, -0.05) is 64.4 Å². The first-order chi connectivity index (χ1) is 15.5. The van der Waals surface area contributed by atoms with Gasteiger partial charge in [0.05, 0.1) is 19.8 Å². The van der Waals surface area contributed by atoms with Crippen molar-refractivity contribution in [3.05, 3.63) is 30.6 Å². The van der Waals surface area contributed by atoms with E-state index >= 15 is 0 Å². The molecule has 1 aromatic heterocycles. The maximum absolute atomic E-state index is 11.7. The number of unbranched alkanes of at least 4 members (excludes halogenated alkanes) is 8. The van der Waals surface area contributed by atoms with Gasteiger partial charge in [0.15, 0.2) is 18.9 Å². The standard InChI is InChI=1S/C23H40NO7P/c1-2-3-4-5-6-7-8-9-11-14-23(25)29-21-19-28-20-22-31-32(26,27)30-18-17-24-15-12-10-13-16-24/h10,12-13,15-16H,2-9,11,14,17-22H2,1H3. The van der Waals surface area contributed by atoms with E-state index in [2.05, 4.69) is 6.92 Å². The number of carbonyl (C=O) groups is 1. The third-order valence-electron chi connectivity index (χ3n) is 4.83. The maximum Gasteiger partial charge on any atom is 0.305 e. The molecule has 0 bridgehead atoms. The van der Waals surface area contributed by atoms with Gasteiger partial charge in [0.1, 0.15) is 13.2 Å². The van der Waals surface area contributed by atoms with E-state index in [0.717, 1.165) is 12.8 Å². The zero-order valence-electron chi connectivity index (χ0n) is 19.5. The van der Waals surface area contributed by atoms with E-state index in [1.54, 1.807) is 4.57 Å². The van der Waals surface area contributed by atoms with Crippen LogP contribution in [-0.2, 0) is 34.4 Å². The summed E-state index contributed by atoms with van der Waals surface area (Å²) < 4.78 is 33.4. The Morgan fingerprint density at radius 1 is 0.812 bits per heavy atom. The van der Waals surface area contributed by atoms with Gasteiger partial charge >= 0.3 is 5.97 Å². The van der Waals surface area contributed by atoms with Gasteiger partial charge in [0.25, 0.3) is 7.82 Å². The van der Waals surface area contributed by atoms with Crippen molar-refractivity contribution in [2.24, 2.45) is 0 Å². The minimum absolute atomic E-state index is 0.00871. The summed E-state index contributed by atoms with van der Waals surface area (Å²) in [5.74, 6) is -0.221. The number of nitrogens with zero attached hydrogens (tertiary/aromatic N) is 1. The van der Waals surface area contributed by atoms with Crippen LogP contribution < -0.4 is 9.46 Å². The molecule has 0 radical (unpaired) electrons. The molecule has 1 unspecified atom stereocenters. The average Bonchev–Trinajstić information content (AvgIpc) is 2.78. The molecule has 0 fully saturated rings. The summed E-state index contributed by atoms with van der Waals surface area (Å²) in [6.07, 6.45) is 14.9. The topological polar surface area (TPSA) is 98.0 Å². The lowest BCUT2D eigenvalue weighted by Crippen LogP contribution is -2.34. The van der Waals surface area contributed by atoms with E-state index < -0.39 is 7.82 Å². The first-order valence-electron chi connectivity index (χ1n) is 11.8. The van der Waals surface area contributed by atoms with Crippen LogP contribution in [0.2, 0.25) is 0 Å². The number of phosphoric acid groups is 1. The predicted octanol–water partition coefficient (Wildman–Crippen LogP) is 3.96. The first kappa shape index (κ1) is 28.7. The quantitative estimate of drug-likeness (QED) is 0.115. The molecule has 1 atom stereocenters. The Morgan fingerprint density at radius 3 is 2.09 bits per heavy atom. The van der Waals surface area contributed by atoms with E-state index in [1.807, 2.05) is 30.6 Å². The lowest BCUT2D eigenvalue weighted by Gasteiger charge is -2.21. The molecule has 0 aliphatic rings. The van der Waals surface area contributed by atoms with Crippen LogP contribution in [0.15, 0.2) is 30.6 Å². The second-order valence-electron chi connectivity index (χ2n) is 7.64. The average molecular weight is 474 g/mol. The molecule has 0 aliphatic heterocycles. The molecular formula is C23H40NO7P. The Hall–Kier alpha value is -1.31. The van der Waals surface area contributed by atoms with Crippen molar-refractivity contribution in [2.45, 2.75) is 77.7 Å². The SMILES string of the molecule is CCCCCCCCCCCC(=O)OCCOCCOP(=O)([O-])OCC[n+]1ccccc1. The van der Waals surface area contributed by atoms with Crippen LogP contribution in [0.25, 0.3) is 0 Å². The Labute approximate surface area is 192 Å². The molecule has 0 saturated carbocycles. The number of esters is 1. The number of rotatable bonds is 21. The van der Waals surface area contributed by atoms with Crippen LogP contribution in [0.3, 0.4) is 0 Å². The number of hydrogen-bond acceptors (Lipinski definition) is 7. The maximum atomic E-state index is 11.7. The zero-order valence-corrected chi connectivity index (χ0v) is 20.3. The van der Waals surface area contributed by atoms with Crippen molar-refractivity contribution in [2.75, 3.05) is 33.0 Å². The lowest BCUT2D eigenvalue weighted by atomic mass is 10.1. The predicted molar refractivity (Wildman–Crippen MR) is 120 cm³/mol. The van der Waals surface area contributed by atoms with Gasteiger partial charge in [0.2, 0.25) is 0 Å². The molecule has 32 heavy (non-hydrogen) atoms. The summed E-state index contributed by atoms with van der Waals surface area (Å²) in [6.45, 7) is 2.88. The molecule has 0 amide bonds. The number of aromatic nitrogens is 1. The Morgan fingerprint density at radius 2 is 1.41 bits per heavy atom. The number of ether oxygens (including phenoxy) is 2.